The van der Waals surface area contributed by atoms with Crippen molar-refractivity contribution < 1.29 is 19.4 Å². The minimum Gasteiger partial charge on any atom is -0.481 e. The van der Waals surface area contributed by atoms with Gasteiger partial charge in [0.1, 0.15) is 0 Å². The number of aliphatic carboxylic acids is 1. The molecular formula is C13H28N2O4S2. The molecule has 0 radical (unpaired) electrons. The van der Waals surface area contributed by atoms with Gasteiger partial charge in [-0.05, 0) is 25.1 Å². The van der Waals surface area contributed by atoms with Crippen molar-refractivity contribution >= 4 is 41.2 Å². The van der Waals surface area contributed by atoms with Gasteiger partial charge in [-0.25, -0.2) is 0 Å². The first-order valence-corrected chi connectivity index (χ1v) is 7.75. The Hall–Kier alpha value is -1.02. The predicted octanol–water partition coefficient (Wildman–Crippen LogP) is 3.08. The van der Waals surface area contributed by atoms with Crippen molar-refractivity contribution in [3.05, 3.63) is 0 Å². The van der Waals surface area contributed by atoms with E-state index in [4.69, 9.17) is 20.4 Å². The van der Waals surface area contributed by atoms with Crippen LogP contribution in [0.25, 0.3) is 0 Å². The molecule has 0 aromatic rings. The molecule has 0 heterocycles. The summed E-state index contributed by atoms with van der Waals surface area (Å²) in [6.07, 6.45) is 6.84. The summed E-state index contributed by atoms with van der Waals surface area (Å²) in [6, 6.07) is 0. The summed E-state index contributed by atoms with van der Waals surface area (Å²) in [5, 5.41) is 7.77. The van der Waals surface area contributed by atoms with Crippen molar-refractivity contribution in [1.82, 2.24) is 0 Å². The van der Waals surface area contributed by atoms with Gasteiger partial charge in [-0.15, -0.1) is 0 Å². The van der Waals surface area contributed by atoms with Crippen LogP contribution < -0.4 is 11.5 Å². The van der Waals surface area contributed by atoms with Gasteiger partial charge in [-0.3, -0.25) is 9.59 Å². The van der Waals surface area contributed by atoms with Gasteiger partial charge in [0.15, 0.2) is 0 Å². The van der Waals surface area contributed by atoms with Crippen LogP contribution in [0.2, 0.25) is 0 Å². The van der Waals surface area contributed by atoms with E-state index >= 15 is 0 Å². The Morgan fingerprint density at radius 3 is 1.86 bits per heavy atom. The molecular weight excluding hydrogens is 312 g/mol. The zero-order valence-electron chi connectivity index (χ0n) is 12.8. The first-order chi connectivity index (χ1) is 9.77. The molecule has 8 heteroatoms. The largest absolute Gasteiger partial charge is 0.481 e. The molecule has 0 aromatic carbocycles. The van der Waals surface area contributed by atoms with Crippen molar-refractivity contribution in [1.29, 1.82) is 0 Å². The van der Waals surface area contributed by atoms with Gasteiger partial charge in [0.2, 0.25) is 0 Å². The average Bonchev–Trinajstić information content (AvgIpc) is 2.36. The molecule has 0 aliphatic carbocycles. The molecule has 5 N–H and O–H groups in total. The molecule has 0 aliphatic heterocycles. The van der Waals surface area contributed by atoms with Gasteiger partial charge < -0.3 is 21.3 Å². The number of nitrogens with two attached hydrogens (primary N) is 2. The highest BCUT2D eigenvalue weighted by Gasteiger charge is 1.94. The summed E-state index contributed by atoms with van der Waals surface area (Å²) in [5.41, 5.74) is 9.32. The van der Waals surface area contributed by atoms with E-state index in [2.05, 4.69) is 37.5 Å². The molecule has 0 rings (SSSR count). The molecule has 126 valence electrons. The summed E-state index contributed by atoms with van der Waals surface area (Å²) in [6.45, 7) is 4.78. The number of carbonyl (C=O) groups excluding carboxylic acids is 1. The number of unbranched alkanes of at least 4 members (excludes halogenated alkanes) is 4. The van der Waals surface area contributed by atoms with Crippen LogP contribution in [0, 0.1) is 0 Å². The van der Waals surface area contributed by atoms with Crippen LogP contribution in [0.5, 0.6) is 0 Å². The van der Waals surface area contributed by atoms with Gasteiger partial charge in [0.25, 0.3) is 10.4 Å². The van der Waals surface area contributed by atoms with Crippen LogP contribution in [0.3, 0.4) is 0 Å². The van der Waals surface area contributed by atoms with Crippen LogP contribution in [-0.4, -0.2) is 28.1 Å². The van der Waals surface area contributed by atoms with Crippen molar-refractivity contribution in [2.75, 3.05) is 6.61 Å². The third kappa shape index (κ3) is 54.9. The van der Waals surface area contributed by atoms with E-state index in [-0.39, 0.29) is 5.17 Å². The maximum atomic E-state index is 10.0. The third-order valence-electron chi connectivity index (χ3n) is 1.94. The minimum atomic E-state index is -0.670. The van der Waals surface area contributed by atoms with Crippen LogP contribution in [0.4, 0.5) is 4.79 Å². The fourth-order valence-corrected chi connectivity index (χ4v) is 1.17. The number of primary amides is 1. The van der Waals surface area contributed by atoms with Crippen molar-refractivity contribution in [2.24, 2.45) is 11.5 Å². The van der Waals surface area contributed by atoms with Crippen LogP contribution in [0.15, 0.2) is 0 Å². The molecule has 1 amide bonds. The molecule has 6 nitrogen and oxygen atoms in total. The first-order valence-electron chi connectivity index (χ1n) is 6.90. The fraction of sp³-hybridized carbons (Fsp3) is 0.769. The topological polar surface area (TPSA) is 116 Å². The monoisotopic (exact) mass is 340 g/mol. The molecule has 0 aliphatic rings. The molecule has 0 unspecified atom stereocenters. The number of amides is 1. The number of thiol groups is 1. The maximum Gasteiger partial charge on any atom is 0.303 e. The number of carboxylic acids is 1. The van der Waals surface area contributed by atoms with Crippen LogP contribution >= 0.6 is 24.8 Å². The van der Waals surface area contributed by atoms with E-state index < -0.39 is 11.2 Å². The summed E-state index contributed by atoms with van der Waals surface area (Å²) < 4.78 is 4.70. The molecule has 0 saturated carbocycles. The number of rotatable bonds is 8. The lowest BCUT2D eigenvalue weighted by molar-refractivity contribution is -0.137. The van der Waals surface area contributed by atoms with Crippen molar-refractivity contribution in [3.63, 3.8) is 0 Å². The van der Waals surface area contributed by atoms with E-state index in [0.717, 1.165) is 19.3 Å². The number of carboxylic acid groups (broad SMARTS) is 1. The molecule has 0 fully saturated rings. The molecule has 0 aromatic heterocycles. The van der Waals surface area contributed by atoms with Gasteiger partial charge in [-0.2, -0.15) is 0 Å². The second-order valence-electron chi connectivity index (χ2n) is 4.06. The van der Waals surface area contributed by atoms with E-state index in [0.29, 0.717) is 13.0 Å². The minimum absolute atomic E-state index is 0.141. The zero-order valence-corrected chi connectivity index (χ0v) is 14.5. The van der Waals surface area contributed by atoms with Gasteiger partial charge in [-0.1, -0.05) is 52.2 Å². The summed E-state index contributed by atoms with van der Waals surface area (Å²) >= 11 is 7.52. The smallest absolute Gasteiger partial charge is 0.303 e. The molecule has 0 spiro atoms. The molecule has 0 saturated heterocycles. The number of hydrogen-bond donors (Lipinski definition) is 4. The predicted molar refractivity (Wildman–Crippen MR) is 92.6 cm³/mol. The highest BCUT2D eigenvalue weighted by atomic mass is 32.1. The Labute approximate surface area is 138 Å². The molecule has 21 heavy (non-hydrogen) atoms. The van der Waals surface area contributed by atoms with E-state index in [1.807, 2.05) is 6.92 Å². The average molecular weight is 341 g/mol. The zero-order chi connectivity index (χ0) is 17.1. The molecule has 0 bridgehead atoms. The van der Waals surface area contributed by atoms with Crippen molar-refractivity contribution in [3.8, 4) is 0 Å². The Bertz CT molecular complexity index is 273. The summed E-state index contributed by atoms with van der Waals surface area (Å²) in [5.74, 6) is -0.670. The number of ether oxygens (including phenoxy) is 1. The van der Waals surface area contributed by atoms with E-state index in [1.54, 1.807) is 0 Å². The molecule has 0 atom stereocenters. The van der Waals surface area contributed by atoms with Crippen molar-refractivity contribution in [2.45, 2.75) is 58.8 Å². The normalized spacial score (nSPS) is 8.52. The highest BCUT2D eigenvalue weighted by molar-refractivity contribution is 7.96. The lowest BCUT2D eigenvalue weighted by Gasteiger charge is -1.96. The Balaban J connectivity index is -0.000000256. The Morgan fingerprint density at radius 2 is 1.57 bits per heavy atom. The lowest BCUT2D eigenvalue weighted by atomic mass is 10.1. The highest BCUT2D eigenvalue weighted by Crippen LogP contribution is 2.04. The number of carbonyl (C=O) groups is 2. The SMILES string of the molecule is CCCCCCCC(=O)O.CCCOC(N)=S.NC(=O)S. The quantitative estimate of drug-likeness (QED) is 0.306. The van der Waals surface area contributed by atoms with Gasteiger partial charge >= 0.3 is 5.97 Å². The van der Waals surface area contributed by atoms with Gasteiger partial charge in [0.05, 0.1) is 6.61 Å². The third-order valence-corrected chi connectivity index (χ3v) is 2.06. The Morgan fingerprint density at radius 1 is 1.10 bits per heavy atom. The van der Waals surface area contributed by atoms with E-state index in [9.17, 15) is 4.79 Å². The fourth-order valence-electron chi connectivity index (χ4n) is 1.08. The second-order valence-corrected chi connectivity index (χ2v) is 4.91. The van der Waals surface area contributed by atoms with Crippen LogP contribution in [-0.2, 0) is 9.53 Å². The van der Waals surface area contributed by atoms with Crippen LogP contribution in [0.1, 0.15) is 58.8 Å². The first kappa shape index (κ1) is 25.0. The standard InChI is InChI=1S/C8H16O2.C4H9NOS.CH3NOS/c1-2-3-4-5-6-7-8(9)10;1-2-3-6-4(5)7;2-1(3)4/h2-7H2,1H3,(H,9,10);2-3H2,1H3,(H2,5,7);(H3,2,3,4). The Kier molecular flexibility index (Phi) is 25.3. The second kappa shape index (κ2) is 21.3. The number of thiocarbonyl (C=S) groups is 1. The summed E-state index contributed by atoms with van der Waals surface area (Å²) in [7, 11) is 0. The number of hydrogen-bond acceptors (Lipinski definition) is 4. The lowest BCUT2D eigenvalue weighted by Crippen LogP contribution is -2.12. The van der Waals surface area contributed by atoms with Gasteiger partial charge in [0, 0.05) is 6.42 Å². The maximum absolute atomic E-state index is 10.0. The van der Waals surface area contributed by atoms with E-state index in [1.165, 1.54) is 19.3 Å². The summed E-state index contributed by atoms with van der Waals surface area (Å²) in [4.78, 5) is 19.1.